The number of hydrogen-bond donors (Lipinski definition) is 1. The lowest BCUT2D eigenvalue weighted by molar-refractivity contribution is 0.0707. The van der Waals surface area contributed by atoms with Crippen LogP contribution in [0.15, 0.2) is 41.2 Å². The van der Waals surface area contributed by atoms with E-state index in [2.05, 4.69) is 4.98 Å². The number of carbonyl (C=O) groups is 1. The molecule has 0 atom stereocenters. The molecule has 2 heterocycles. The van der Waals surface area contributed by atoms with Crippen LogP contribution in [0, 0.1) is 6.92 Å². The first-order valence-corrected chi connectivity index (χ1v) is 9.56. The number of carbonyl (C=O) groups excluding carboxylic acids is 1. The summed E-state index contributed by atoms with van der Waals surface area (Å²) in [7, 11) is 0. The molecule has 2 aromatic carbocycles. The van der Waals surface area contributed by atoms with Crippen LogP contribution in [0.2, 0.25) is 0 Å². The third-order valence-corrected chi connectivity index (χ3v) is 5.94. The molecule has 0 bridgehead atoms. The Balaban J connectivity index is 1.66. The molecule has 0 radical (unpaired) electrons. The minimum Gasteiger partial charge on any atom is -0.331 e. The zero-order valence-corrected chi connectivity index (χ0v) is 15.3. The second kappa shape index (κ2) is 6.05. The van der Waals surface area contributed by atoms with Crippen molar-refractivity contribution >= 4 is 16.9 Å². The quantitative estimate of drug-likeness (QED) is 0.757. The van der Waals surface area contributed by atoms with E-state index in [1.54, 1.807) is 0 Å². The summed E-state index contributed by atoms with van der Waals surface area (Å²) in [4.78, 5) is 35.3. The van der Waals surface area contributed by atoms with E-state index in [4.69, 9.17) is 4.98 Å². The van der Waals surface area contributed by atoms with E-state index in [9.17, 15) is 9.59 Å². The Hall–Kier alpha value is -2.95. The molecule has 1 aromatic heterocycles. The van der Waals surface area contributed by atoms with E-state index >= 15 is 0 Å². The molecule has 3 aromatic rings. The van der Waals surface area contributed by atoms with Crippen molar-refractivity contribution < 1.29 is 4.79 Å². The molecule has 1 fully saturated rings. The van der Waals surface area contributed by atoms with Gasteiger partial charge in [-0.2, -0.15) is 0 Å². The van der Waals surface area contributed by atoms with E-state index in [-0.39, 0.29) is 11.5 Å². The Bertz CT molecular complexity index is 1130. The maximum absolute atomic E-state index is 12.9. The third-order valence-electron chi connectivity index (χ3n) is 5.94. The van der Waals surface area contributed by atoms with Gasteiger partial charge in [0, 0.05) is 23.7 Å². The Kier molecular flexibility index (Phi) is 3.64. The van der Waals surface area contributed by atoms with E-state index < -0.39 is 0 Å². The van der Waals surface area contributed by atoms with Crippen molar-refractivity contribution in [3.8, 4) is 11.3 Å². The molecule has 5 nitrogen and oxygen atoms in total. The average Bonchev–Trinajstić information content (AvgIpc) is 3.30. The topological polar surface area (TPSA) is 66.1 Å². The summed E-state index contributed by atoms with van der Waals surface area (Å²) in [6.07, 6.45) is 4.51. The highest BCUT2D eigenvalue weighted by Gasteiger charge is 2.35. The van der Waals surface area contributed by atoms with Gasteiger partial charge in [-0.15, -0.1) is 0 Å². The molecule has 5 heteroatoms. The highest BCUT2D eigenvalue weighted by Crippen LogP contribution is 2.35. The summed E-state index contributed by atoms with van der Waals surface area (Å²) >= 11 is 0. The second-order valence-corrected chi connectivity index (χ2v) is 7.59. The van der Waals surface area contributed by atoms with Crippen molar-refractivity contribution in [2.45, 2.75) is 45.2 Å². The number of aromatic amines is 1. The number of nitrogens with one attached hydrogen (secondary N) is 1. The third kappa shape index (κ3) is 2.49. The number of rotatable bonds is 2. The van der Waals surface area contributed by atoms with Gasteiger partial charge in [-0.25, -0.2) is 4.98 Å². The van der Waals surface area contributed by atoms with Gasteiger partial charge in [0.2, 0.25) is 0 Å². The molecule has 0 saturated heterocycles. The zero-order valence-electron chi connectivity index (χ0n) is 15.3. The summed E-state index contributed by atoms with van der Waals surface area (Å²) in [5.41, 5.74) is 5.14. The number of aromatic nitrogens is 2. The van der Waals surface area contributed by atoms with Crippen LogP contribution in [0.4, 0.5) is 0 Å². The smallest absolute Gasteiger partial charge is 0.274 e. The van der Waals surface area contributed by atoms with Crippen molar-refractivity contribution in [1.29, 1.82) is 0 Å². The number of H-pyrrole nitrogens is 1. The number of hydrogen-bond acceptors (Lipinski definition) is 3. The van der Waals surface area contributed by atoms with Crippen molar-refractivity contribution in [2.75, 3.05) is 0 Å². The highest BCUT2D eigenvalue weighted by atomic mass is 16.2. The van der Waals surface area contributed by atoms with Crippen molar-refractivity contribution in [3.63, 3.8) is 0 Å². The van der Waals surface area contributed by atoms with Crippen LogP contribution in [0.5, 0.6) is 0 Å². The second-order valence-electron chi connectivity index (χ2n) is 7.59. The minimum atomic E-state index is -0.215. The molecule has 136 valence electrons. The van der Waals surface area contributed by atoms with Crippen LogP contribution in [0.1, 0.15) is 47.2 Å². The zero-order chi connectivity index (χ0) is 18.5. The summed E-state index contributed by atoms with van der Waals surface area (Å²) in [6, 6.07) is 11.7. The number of fused-ring (bicyclic) bond motifs is 2. The van der Waals surface area contributed by atoms with Crippen molar-refractivity contribution in [3.05, 3.63) is 63.4 Å². The van der Waals surface area contributed by atoms with Crippen LogP contribution in [0.25, 0.3) is 22.3 Å². The first-order valence-electron chi connectivity index (χ1n) is 9.56. The monoisotopic (exact) mass is 359 g/mol. The van der Waals surface area contributed by atoms with E-state index in [1.165, 1.54) is 12.8 Å². The fourth-order valence-corrected chi connectivity index (χ4v) is 4.52. The highest BCUT2D eigenvalue weighted by molar-refractivity contribution is 6.00. The molecule has 1 amide bonds. The van der Waals surface area contributed by atoms with Gasteiger partial charge in [0.15, 0.2) is 0 Å². The maximum atomic E-state index is 12.9. The van der Waals surface area contributed by atoms with Crippen LogP contribution in [-0.4, -0.2) is 26.8 Å². The molecule has 5 rings (SSSR count). The molecule has 1 aliphatic carbocycles. The molecule has 1 N–H and O–H groups in total. The summed E-state index contributed by atoms with van der Waals surface area (Å²) in [6.45, 7) is 2.56. The minimum absolute atomic E-state index is 0.0900. The van der Waals surface area contributed by atoms with Crippen LogP contribution in [0.3, 0.4) is 0 Å². The van der Waals surface area contributed by atoms with Gasteiger partial charge in [-0.05, 0) is 43.0 Å². The number of aryl methyl sites for hydroxylation is 1. The van der Waals surface area contributed by atoms with Gasteiger partial charge in [0.05, 0.1) is 11.0 Å². The Labute approximate surface area is 157 Å². The Morgan fingerprint density at radius 3 is 2.59 bits per heavy atom. The van der Waals surface area contributed by atoms with Crippen molar-refractivity contribution in [1.82, 2.24) is 14.9 Å². The molecule has 2 aliphatic rings. The van der Waals surface area contributed by atoms with E-state index in [0.717, 1.165) is 40.6 Å². The summed E-state index contributed by atoms with van der Waals surface area (Å²) in [5.74, 6) is 0.0900. The molecule has 0 spiro atoms. The summed E-state index contributed by atoms with van der Waals surface area (Å²) < 4.78 is 0. The lowest BCUT2D eigenvalue weighted by Gasteiger charge is -2.23. The average molecular weight is 359 g/mol. The van der Waals surface area contributed by atoms with Crippen LogP contribution in [-0.2, 0) is 6.54 Å². The fourth-order valence-electron chi connectivity index (χ4n) is 4.52. The number of para-hydroxylation sites is 1. The van der Waals surface area contributed by atoms with Gasteiger partial charge < -0.3 is 9.88 Å². The first-order chi connectivity index (χ1) is 13.1. The van der Waals surface area contributed by atoms with Crippen molar-refractivity contribution in [2.24, 2.45) is 0 Å². The van der Waals surface area contributed by atoms with Gasteiger partial charge >= 0.3 is 0 Å². The van der Waals surface area contributed by atoms with E-state index in [1.807, 2.05) is 48.2 Å². The lowest BCUT2D eigenvalue weighted by atomic mass is 10.0. The first kappa shape index (κ1) is 16.2. The summed E-state index contributed by atoms with van der Waals surface area (Å²) in [5, 5.41) is 0. The van der Waals surface area contributed by atoms with Gasteiger partial charge in [-0.3, -0.25) is 9.59 Å². The van der Waals surface area contributed by atoms with E-state index in [0.29, 0.717) is 23.8 Å². The number of nitrogens with zero attached hydrogens (tertiary/aromatic N) is 2. The molecular formula is C22H21N3O2. The van der Waals surface area contributed by atoms with Gasteiger partial charge in [0.25, 0.3) is 11.5 Å². The number of benzene rings is 2. The molecule has 27 heavy (non-hydrogen) atoms. The lowest BCUT2D eigenvalue weighted by Crippen LogP contribution is -2.33. The van der Waals surface area contributed by atoms with Gasteiger partial charge in [-0.1, -0.05) is 37.1 Å². The molecular weight excluding hydrogens is 338 g/mol. The maximum Gasteiger partial charge on any atom is 0.274 e. The Morgan fingerprint density at radius 2 is 1.78 bits per heavy atom. The SMILES string of the molecule is Cc1cccc2[nH]c(=O)c(-c3cccc4c3CN(C3CCCC3)C4=O)nc12. The number of amides is 1. The van der Waals surface area contributed by atoms with Crippen LogP contribution >= 0.6 is 0 Å². The predicted molar refractivity (Wildman–Crippen MR) is 105 cm³/mol. The molecule has 1 aliphatic heterocycles. The molecule has 1 saturated carbocycles. The predicted octanol–water partition coefficient (Wildman–Crippen LogP) is 3.80. The normalized spacial score (nSPS) is 17.1. The molecule has 0 unspecified atom stereocenters. The Morgan fingerprint density at radius 1 is 1.04 bits per heavy atom. The fraction of sp³-hybridized carbons (Fsp3) is 0.318. The largest absolute Gasteiger partial charge is 0.331 e. The standard InChI is InChI=1S/C22H21N3O2/c1-13-6-4-11-18-19(13)24-20(21(26)23-18)15-9-5-10-16-17(15)12-25(22(16)27)14-7-2-3-8-14/h4-6,9-11,14H,2-3,7-8,12H2,1H3,(H,23,26). The van der Waals surface area contributed by atoms with Crippen LogP contribution < -0.4 is 5.56 Å². The van der Waals surface area contributed by atoms with Gasteiger partial charge in [0.1, 0.15) is 5.69 Å².